The van der Waals surface area contributed by atoms with E-state index in [4.69, 9.17) is 4.74 Å². The van der Waals surface area contributed by atoms with E-state index in [1.54, 1.807) is 0 Å². The van der Waals surface area contributed by atoms with Gasteiger partial charge in [-0.2, -0.15) is 0 Å². The summed E-state index contributed by atoms with van der Waals surface area (Å²) < 4.78 is 19.3. The first kappa shape index (κ1) is 18.6. The highest BCUT2D eigenvalue weighted by Crippen LogP contribution is 2.36. The van der Waals surface area contributed by atoms with E-state index in [0.29, 0.717) is 10.5 Å². The number of carbonyl (C=O) groups is 3. The quantitative estimate of drug-likeness (QED) is 0.571. The number of phenolic OH excluding ortho intramolecular Hbond substituents is 1. The number of hydrogen-bond donors (Lipinski definition) is 2. The monoisotopic (exact) mass is 434 g/mol. The summed E-state index contributed by atoms with van der Waals surface area (Å²) in [5.41, 5.74) is -0.307. The second-order valence-electron chi connectivity index (χ2n) is 5.46. The lowest BCUT2D eigenvalue weighted by Crippen LogP contribution is -2.54. The molecule has 27 heavy (non-hydrogen) atoms. The zero-order valence-corrected chi connectivity index (χ0v) is 15.4. The molecule has 0 atom stereocenters. The fraction of sp³-hybridized carbons (Fsp3) is 0.0556. The minimum Gasteiger partial charge on any atom is -0.503 e. The number of methoxy groups -OCH3 is 1. The highest BCUT2D eigenvalue weighted by molar-refractivity contribution is 9.10. The Bertz CT molecular complexity index is 1010. The van der Waals surface area contributed by atoms with Crippen molar-refractivity contribution in [1.29, 1.82) is 0 Å². The van der Waals surface area contributed by atoms with E-state index in [1.165, 1.54) is 43.5 Å². The van der Waals surface area contributed by atoms with Crippen molar-refractivity contribution in [3.63, 3.8) is 0 Å². The summed E-state index contributed by atoms with van der Waals surface area (Å²) in [7, 11) is 1.34. The Kier molecular flexibility index (Phi) is 4.95. The number of barbiturate groups is 1. The van der Waals surface area contributed by atoms with E-state index in [0.717, 1.165) is 6.07 Å². The Morgan fingerprint density at radius 1 is 1.22 bits per heavy atom. The van der Waals surface area contributed by atoms with Crippen molar-refractivity contribution in [2.75, 3.05) is 12.0 Å². The summed E-state index contributed by atoms with van der Waals surface area (Å²) in [6.45, 7) is 0. The first-order valence-corrected chi connectivity index (χ1v) is 8.35. The molecule has 0 aromatic heterocycles. The Hall–Kier alpha value is -3.20. The number of anilines is 1. The van der Waals surface area contributed by atoms with Crippen LogP contribution in [0.15, 0.2) is 46.4 Å². The van der Waals surface area contributed by atoms with E-state index in [1.807, 2.05) is 5.32 Å². The summed E-state index contributed by atoms with van der Waals surface area (Å²) in [6.07, 6.45) is 1.21. The molecule has 0 bridgehead atoms. The summed E-state index contributed by atoms with van der Waals surface area (Å²) in [5, 5.41) is 11.9. The van der Waals surface area contributed by atoms with E-state index in [2.05, 4.69) is 15.9 Å². The largest absolute Gasteiger partial charge is 0.503 e. The van der Waals surface area contributed by atoms with Crippen molar-refractivity contribution in [2.45, 2.75) is 0 Å². The maximum Gasteiger partial charge on any atom is 0.336 e. The van der Waals surface area contributed by atoms with Crippen LogP contribution in [0.3, 0.4) is 0 Å². The summed E-state index contributed by atoms with van der Waals surface area (Å²) in [4.78, 5) is 37.5. The minimum absolute atomic E-state index is 0.113. The van der Waals surface area contributed by atoms with Gasteiger partial charge in [-0.1, -0.05) is 12.1 Å². The number of phenols is 1. The lowest BCUT2D eigenvalue weighted by molar-refractivity contribution is -0.122. The first-order chi connectivity index (χ1) is 12.8. The number of amides is 4. The van der Waals surface area contributed by atoms with Crippen molar-refractivity contribution in [1.82, 2.24) is 5.32 Å². The number of carbonyl (C=O) groups excluding carboxylic acids is 3. The van der Waals surface area contributed by atoms with Gasteiger partial charge in [0.15, 0.2) is 11.5 Å². The number of para-hydroxylation sites is 1. The van der Waals surface area contributed by atoms with Crippen molar-refractivity contribution in [3.8, 4) is 11.5 Å². The second kappa shape index (κ2) is 7.20. The van der Waals surface area contributed by atoms with Gasteiger partial charge in [0.2, 0.25) is 0 Å². The molecule has 0 saturated carbocycles. The third kappa shape index (κ3) is 3.41. The number of ether oxygens (including phenoxy) is 1. The Balaban J connectivity index is 2.08. The minimum atomic E-state index is -1.04. The third-order valence-corrected chi connectivity index (χ3v) is 4.38. The predicted octanol–water partition coefficient (Wildman–Crippen LogP) is 2.97. The molecule has 0 radical (unpaired) electrons. The topological polar surface area (TPSA) is 95.9 Å². The van der Waals surface area contributed by atoms with E-state index in [9.17, 15) is 23.9 Å². The van der Waals surface area contributed by atoms with Crippen molar-refractivity contribution >= 4 is 45.5 Å². The van der Waals surface area contributed by atoms with Gasteiger partial charge in [0, 0.05) is 0 Å². The molecule has 1 saturated heterocycles. The van der Waals surface area contributed by atoms with Gasteiger partial charge in [-0.05, 0) is 51.8 Å². The summed E-state index contributed by atoms with van der Waals surface area (Å²) in [5.74, 6) is -2.72. The third-order valence-electron chi connectivity index (χ3n) is 3.78. The zero-order chi connectivity index (χ0) is 19.7. The predicted molar refractivity (Wildman–Crippen MR) is 97.8 cm³/mol. The lowest BCUT2D eigenvalue weighted by atomic mass is 10.1. The molecule has 2 aromatic rings. The van der Waals surface area contributed by atoms with Gasteiger partial charge in [-0.15, -0.1) is 0 Å². The highest BCUT2D eigenvalue weighted by Gasteiger charge is 2.38. The number of hydrogen-bond acceptors (Lipinski definition) is 5. The van der Waals surface area contributed by atoms with Crippen LogP contribution in [0.25, 0.3) is 6.08 Å². The van der Waals surface area contributed by atoms with Gasteiger partial charge < -0.3 is 9.84 Å². The summed E-state index contributed by atoms with van der Waals surface area (Å²) in [6, 6.07) is 7.02. The fourth-order valence-corrected chi connectivity index (χ4v) is 2.97. The molecule has 2 N–H and O–H groups in total. The van der Waals surface area contributed by atoms with Crippen LogP contribution in [0.5, 0.6) is 11.5 Å². The van der Waals surface area contributed by atoms with Crippen LogP contribution >= 0.6 is 15.9 Å². The molecule has 0 unspecified atom stereocenters. The lowest BCUT2D eigenvalue weighted by Gasteiger charge is -2.26. The van der Waals surface area contributed by atoms with Crippen LogP contribution in [0.1, 0.15) is 5.56 Å². The SMILES string of the molecule is COc1cc(/C=C2/C(=O)NC(=O)N(c3ccccc3F)C2=O)cc(Br)c1O. The molecule has 1 fully saturated rings. The number of rotatable bonds is 3. The van der Waals surface area contributed by atoms with Crippen LogP contribution < -0.4 is 15.0 Å². The molecule has 1 aliphatic heterocycles. The van der Waals surface area contributed by atoms with Gasteiger partial charge in [0.1, 0.15) is 11.4 Å². The number of benzene rings is 2. The molecule has 1 heterocycles. The summed E-state index contributed by atoms with van der Waals surface area (Å²) >= 11 is 3.14. The van der Waals surface area contributed by atoms with E-state index in [-0.39, 0.29) is 27.2 Å². The van der Waals surface area contributed by atoms with Crippen LogP contribution in [0.2, 0.25) is 0 Å². The average molecular weight is 435 g/mol. The molecule has 9 heteroatoms. The van der Waals surface area contributed by atoms with Gasteiger partial charge in [-0.25, -0.2) is 14.1 Å². The molecular weight excluding hydrogens is 423 g/mol. The van der Waals surface area contributed by atoms with Crippen LogP contribution in [-0.2, 0) is 9.59 Å². The molecule has 7 nitrogen and oxygen atoms in total. The standard InChI is InChI=1S/C18H12BrFN2O5/c1-27-14-8-9(7-11(19)15(14)23)6-10-16(24)21-18(26)22(17(10)25)13-5-3-2-4-12(13)20/h2-8,23H,1H3,(H,21,24,26)/b10-6-. The molecule has 2 aromatic carbocycles. The van der Waals surface area contributed by atoms with Gasteiger partial charge >= 0.3 is 6.03 Å². The molecule has 138 valence electrons. The van der Waals surface area contributed by atoms with Gasteiger partial charge in [0.05, 0.1) is 17.3 Å². The normalized spacial score (nSPS) is 15.9. The van der Waals surface area contributed by atoms with E-state index < -0.39 is 23.7 Å². The highest BCUT2D eigenvalue weighted by atomic mass is 79.9. The maximum absolute atomic E-state index is 14.0. The number of aromatic hydroxyl groups is 1. The number of urea groups is 1. The second-order valence-corrected chi connectivity index (χ2v) is 6.32. The average Bonchev–Trinajstić information content (AvgIpc) is 2.62. The van der Waals surface area contributed by atoms with Crippen LogP contribution in [0.4, 0.5) is 14.9 Å². The van der Waals surface area contributed by atoms with Crippen molar-refractivity contribution < 1.29 is 28.6 Å². The number of nitrogens with one attached hydrogen (secondary N) is 1. The Morgan fingerprint density at radius 2 is 1.93 bits per heavy atom. The molecule has 1 aliphatic rings. The van der Waals surface area contributed by atoms with Gasteiger partial charge in [0.25, 0.3) is 11.8 Å². The number of nitrogens with zero attached hydrogens (tertiary/aromatic N) is 1. The van der Waals surface area contributed by atoms with Crippen LogP contribution in [-0.4, -0.2) is 30.1 Å². The number of halogens is 2. The maximum atomic E-state index is 14.0. The molecule has 0 aliphatic carbocycles. The molecular formula is C18H12BrFN2O5. The molecule has 3 rings (SSSR count). The number of imide groups is 2. The first-order valence-electron chi connectivity index (χ1n) is 7.56. The molecule has 0 spiro atoms. The Morgan fingerprint density at radius 3 is 2.59 bits per heavy atom. The Labute approximate surface area is 161 Å². The van der Waals surface area contributed by atoms with E-state index >= 15 is 0 Å². The molecule has 4 amide bonds. The van der Waals surface area contributed by atoms with Crippen LogP contribution in [0, 0.1) is 5.82 Å². The smallest absolute Gasteiger partial charge is 0.336 e. The fourth-order valence-electron chi connectivity index (χ4n) is 2.51. The van der Waals surface area contributed by atoms with Crippen molar-refractivity contribution in [3.05, 3.63) is 57.8 Å². The van der Waals surface area contributed by atoms with Gasteiger partial charge in [-0.3, -0.25) is 14.9 Å². The zero-order valence-electron chi connectivity index (χ0n) is 13.8. The van der Waals surface area contributed by atoms with Crippen molar-refractivity contribution in [2.24, 2.45) is 0 Å².